The fourth-order valence-electron chi connectivity index (χ4n) is 1.61. The molecule has 0 aliphatic carbocycles. The van der Waals surface area contributed by atoms with E-state index >= 15 is 0 Å². The molecular weight excluding hydrogens is 204 g/mol. The molecule has 2 heterocycles. The number of imidazole rings is 1. The van der Waals surface area contributed by atoms with Crippen LogP contribution >= 0.6 is 0 Å². The quantitative estimate of drug-likeness (QED) is 0.718. The van der Waals surface area contributed by atoms with Gasteiger partial charge in [0.15, 0.2) is 5.78 Å². The number of carbonyl (C=O) groups excluding carboxylic acids is 1. The van der Waals surface area contributed by atoms with Crippen molar-refractivity contribution in [3.8, 4) is 0 Å². The molecule has 0 spiro atoms. The second-order valence-electron chi connectivity index (χ2n) is 3.84. The molecule has 0 amide bonds. The average Bonchev–Trinajstić information content (AvgIpc) is 2.84. The summed E-state index contributed by atoms with van der Waals surface area (Å²) in [5.74, 6) is 0.115. The van der Waals surface area contributed by atoms with E-state index in [4.69, 9.17) is 0 Å². The molecule has 0 fully saturated rings. The van der Waals surface area contributed by atoms with Gasteiger partial charge in [0, 0.05) is 26.7 Å². The van der Waals surface area contributed by atoms with E-state index in [0.29, 0.717) is 12.1 Å². The van der Waals surface area contributed by atoms with E-state index in [9.17, 15) is 4.79 Å². The fourth-order valence-corrected chi connectivity index (χ4v) is 1.61. The molecule has 5 heteroatoms. The van der Waals surface area contributed by atoms with Crippen molar-refractivity contribution < 1.29 is 4.79 Å². The minimum Gasteiger partial charge on any atom is -0.331 e. The largest absolute Gasteiger partial charge is 0.331 e. The lowest BCUT2D eigenvalue weighted by Crippen LogP contribution is -2.06. The Labute approximate surface area is 93.7 Å². The first-order chi connectivity index (χ1) is 7.66. The van der Waals surface area contributed by atoms with Crippen molar-refractivity contribution in [3.05, 3.63) is 36.2 Å². The average molecular weight is 218 g/mol. The Balaban J connectivity index is 1.96. The zero-order valence-electron chi connectivity index (χ0n) is 9.42. The monoisotopic (exact) mass is 218 g/mol. The number of carbonyl (C=O) groups is 1. The summed E-state index contributed by atoms with van der Waals surface area (Å²) in [7, 11) is 3.69. The summed E-state index contributed by atoms with van der Waals surface area (Å²) >= 11 is 0. The van der Waals surface area contributed by atoms with E-state index in [2.05, 4.69) is 10.1 Å². The van der Waals surface area contributed by atoms with Crippen molar-refractivity contribution in [2.75, 3.05) is 0 Å². The van der Waals surface area contributed by atoms with Gasteiger partial charge in [-0.3, -0.25) is 9.48 Å². The molecular formula is C11H14N4O. The van der Waals surface area contributed by atoms with Crippen molar-refractivity contribution >= 4 is 5.78 Å². The van der Waals surface area contributed by atoms with Crippen LogP contribution in [-0.2, 0) is 20.5 Å². The first kappa shape index (κ1) is 10.6. The summed E-state index contributed by atoms with van der Waals surface area (Å²) in [6.45, 7) is 0. The van der Waals surface area contributed by atoms with Gasteiger partial charge in [-0.2, -0.15) is 5.10 Å². The van der Waals surface area contributed by atoms with Crippen LogP contribution in [0.2, 0.25) is 0 Å². The van der Waals surface area contributed by atoms with Gasteiger partial charge >= 0.3 is 0 Å². The van der Waals surface area contributed by atoms with Crippen LogP contribution in [0.5, 0.6) is 0 Å². The molecule has 0 N–H and O–H groups in total. The van der Waals surface area contributed by atoms with E-state index in [0.717, 1.165) is 12.0 Å². The molecule has 0 bridgehead atoms. The third kappa shape index (κ3) is 2.18. The number of Topliss-reactive ketones (excluding diaryl/α,β-unsaturated/α-hetero) is 1. The molecule has 0 aromatic carbocycles. The normalized spacial score (nSPS) is 10.6. The number of nitrogens with zero attached hydrogens (tertiary/aromatic N) is 4. The Morgan fingerprint density at radius 2 is 2.19 bits per heavy atom. The SMILES string of the molecule is Cn1cc(CCC(=O)c2cncn2C)cn1. The molecule has 16 heavy (non-hydrogen) atoms. The van der Waals surface area contributed by atoms with Crippen LogP contribution < -0.4 is 0 Å². The molecule has 0 radical (unpaired) electrons. The van der Waals surface area contributed by atoms with Crippen LogP contribution in [0.1, 0.15) is 22.5 Å². The Kier molecular flexibility index (Phi) is 2.85. The molecule has 0 atom stereocenters. The van der Waals surface area contributed by atoms with Crippen molar-refractivity contribution in [3.63, 3.8) is 0 Å². The van der Waals surface area contributed by atoms with Crippen LogP contribution in [0.25, 0.3) is 0 Å². The zero-order chi connectivity index (χ0) is 11.5. The molecule has 0 aliphatic rings. The summed E-state index contributed by atoms with van der Waals surface area (Å²) in [6.07, 6.45) is 8.17. The predicted molar refractivity (Wildman–Crippen MR) is 59.1 cm³/mol. The van der Waals surface area contributed by atoms with Crippen LogP contribution in [0.15, 0.2) is 24.9 Å². The number of aryl methyl sites for hydroxylation is 3. The first-order valence-corrected chi connectivity index (χ1v) is 5.14. The van der Waals surface area contributed by atoms with Crippen LogP contribution in [0, 0.1) is 0 Å². The molecule has 0 saturated heterocycles. The zero-order valence-corrected chi connectivity index (χ0v) is 9.42. The summed E-state index contributed by atoms with van der Waals surface area (Å²) in [4.78, 5) is 15.7. The topological polar surface area (TPSA) is 52.7 Å². The number of hydrogen-bond acceptors (Lipinski definition) is 3. The van der Waals surface area contributed by atoms with Gasteiger partial charge in [0.05, 0.1) is 18.7 Å². The van der Waals surface area contributed by atoms with E-state index in [1.165, 1.54) is 0 Å². The van der Waals surface area contributed by atoms with Crippen LogP contribution in [-0.4, -0.2) is 25.1 Å². The van der Waals surface area contributed by atoms with Crippen molar-refractivity contribution in [1.29, 1.82) is 0 Å². The van der Waals surface area contributed by atoms with Gasteiger partial charge in [-0.25, -0.2) is 4.98 Å². The fraction of sp³-hybridized carbons (Fsp3) is 0.364. The minimum atomic E-state index is 0.115. The summed E-state index contributed by atoms with van der Waals surface area (Å²) in [5, 5.41) is 4.06. The van der Waals surface area contributed by atoms with E-state index < -0.39 is 0 Å². The third-order valence-electron chi connectivity index (χ3n) is 2.50. The number of rotatable bonds is 4. The van der Waals surface area contributed by atoms with E-state index in [-0.39, 0.29) is 5.78 Å². The molecule has 2 aromatic rings. The lowest BCUT2D eigenvalue weighted by atomic mass is 10.1. The van der Waals surface area contributed by atoms with Gasteiger partial charge in [0.25, 0.3) is 0 Å². The van der Waals surface area contributed by atoms with Gasteiger partial charge in [0.1, 0.15) is 5.69 Å². The van der Waals surface area contributed by atoms with Gasteiger partial charge in [-0.1, -0.05) is 0 Å². The molecule has 2 rings (SSSR count). The lowest BCUT2D eigenvalue weighted by molar-refractivity contribution is 0.0975. The van der Waals surface area contributed by atoms with Crippen molar-refractivity contribution in [1.82, 2.24) is 19.3 Å². The predicted octanol–water partition coefficient (Wildman–Crippen LogP) is 0.969. The van der Waals surface area contributed by atoms with Crippen LogP contribution in [0.4, 0.5) is 0 Å². The van der Waals surface area contributed by atoms with Gasteiger partial charge in [-0.15, -0.1) is 0 Å². The second-order valence-corrected chi connectivity index (χ2v) is 3.84. The highest BCUT2D eigenvalue weighted by Gasteiger charge is 2.10. The molecule has 5 nitrogen and oxygen atoms in total. The molecule has 0 unspecified atom stereocenters. The maximum atomic E-state index is 11.8. The summed E-state index contributed by atoms with van der Waals surface area (Å²) in [6, 6.07) is 0. The Bertz CT molecular complexity index is 498. The minimum absolute atomic E-state index is 0.115. The number of aromatic nitrogens is 4. The third-order valence-corrected chi connectivity index (χ3v) is 2.50. The molecule has 84 valence electrons. The summed E-state index contributed by atoms with van der Waals surface area (Å²) < 4.78 is 3.48. The van der Waals surface area contributed by atoms with Crippen LogP contribution in [0.3, 0.4) is 0 Å². The molecule has 0 saturated carbocycles. The smallest absolute Gasteiger partial charge is 0.181 e. The van der Waals surface area contributed by atoms with E-state index in [1.54, 1.807) is 28.0 Å². The summed E-state index contributed by atoms with van der Waals surface area (Å²) in [5.41, 5.74) is 1.74. The van der Waals surface area contributed by atoms with Crippen molar-refractivity contribution in [2.24, 2.45) is 14.1 Å². The highest BCUT2D eigenvalue weighted by atomic mass is 16.1. The number of ketones is 1. The lowest BCUT2D eigenvalue weighted by Gasteiger charge is -2.00. The van der Waals surface area contributed by atoms with Gasteiger partial charge in [0.2, 0.25) is 0 Å². The number of hydrogen-bond donors (Lipinski definition) is 0. The highest BCUT2D eigenvalue weighted by molar-refractivity contribution is 5.94. The standard InChI is InChI=1S/C11H14N4O/c1-14-8-12-6-10(14)11(16)4-3-9-5-13-15(2)7-9/h5-8H,3-4H2,1-2H3. The Morgan fingerprint density at radius 3 is 2.75 bits per heavy atom. The second kappa shape index (κ2) is 4.30. The van der Waals surface area contributed by atoms with E-state index in [1.807, 2.05) is 20.3 Å². The molecule has 0 aliphatic heterocycles. The van der Waals surface area contributed by atoms with Gasteiger partial charge in [-0.05, 0) is 12.0 Å². The molecule has 2 aromatic heterocycles. The highest BCUT2D eigenvalue weighted by Crippen LogP contribution is 2.06. The van der Waals surface area contributed by atoms with Crippen molar-refractivity contribution in [2.45, 2.75) is 12.8 Å². The Morgan fingerprint density at radius 1 is 1.38 bits per heavy atom. The first-order valence-electron chi connectivity index (χ1n) is 5.14. The van der Waals surface area contributed by atoms with Gasteiger partial charge < -0.3 is 4.57 Å². The Hall–Kier alpha value is -1.91. The maximum absolute atomic E-state index is 11.8. The maximum Gasteiger partial charge on any atom is 0.181 e.